The fraction of sp³-hybridized carbons (Fsp3) is 0.529. The van der Waals surface area contributed by atoms with E-state index in [0.717, 1.165) is 12.0 Å². The number of hydrogen-bond donors (Lipinski definition) is 2. The first-order valence-corrected chi connectivity index (χ1v) is 7.48. The summed E-state index contributed by atoms with van der Waals surface area (Å²) in [6.45, 7) is 4.48. The Morgan fingerprint density at radius 3 is 2.81 bits per heavy atom. The minimum absolute atomic E-state index is 0.0545. The number of pyridine rings is 1. The van der Waals surface area contributed by atoms with E-state index < -0.39 is 0 Å². The van der Waals surface area contributed by atoms with Gasteiger partial charge in [-0.05, 0) is 36.8 Å². The highest BCUT2D eigenvalue weighted by molar-refractivity contribution is 5.92. The molecule has 0 saturated heterocycles. The van der Waals surface area contributed by atoms with Crippen LogP contribution in [0.3, 0.4) is 0 Å². The van der Waals surface area contributed by atoms with Crippen molar-refractivity contribution in [2.45, 2.75) is 39.2 Å². The summed E-state index contributed by atoms with van der Waals surface area (Å²) >= 11 is 0. The third-order valence-electron chi connectivity index (χ3n) is 4.25. The highest BCUT2D eigenvalue weighted by Gasteiger charge is 2.31. The van der Waals surface area contributed by atoms with Crippen LogP contribution >= 0.6 is 0 Å². The average Bonchev–Trinajstić information content (AvgIpc) is 2.80. The summed E-state index contributed by atoms with van der Waals surface area (Å²) in [7, 11) is 0. The van der Waals surface area contributed by atoms with E-state index in [1.54, 1.807) is 18.3 Å². The molecule has 0 aliphatic heterocycles. The summed E-state index contributed by atoms with van der Waals surface area (Å²) in [6, 6.07) is 3.73. The largest absolute Gasteiger partial charge is 0.395 e. The second-order valence-corrected chi connectivity index (χ2v) is 5.70. The van der Waals surface area contributed by atoms with Gasteiger partial charge in [0.2, 0.25) is 0 Å². The van der Waals surface area contributed by atoms with Gasteiger partial charge in [0.05, 0.1) is 6.61 Å². The molecule has 3 atom stereocenters. The maximum Gasteiger partial charge on any atom is 0.270 e. The highest BCUT2D eigenvalue weighted by Crippen LogP contribution is 2.31. The summed E-state index contributed by atoms with van der Waals surface area (Å²) in [4.78, 5) is 16.3. The average molecular weight is 286 g/mol. The lowest BCUT2D eigenvalue weighted by Crippen LogP contribution is -2.37. The summed E-state index contributed by atoms with van der Waals surface area (Å²) < 4.78 is 0. The minimum atomic E-state index is -0.115. The molecular weight excluding hydrogens is 264 g/mol. The standard InChI is InChI=1S/C17H22N2O2/c1-12-6-8-15(13(12)2)19-17(21)16-9-7-14(11-18-16)5-3-4-10-20/h7,9,11-13,15,20H,4,6,8,10H2,1-2H3,(H,19,21). The van der Waals surface area contributed by atoms with Crippen LogP contribution < -0.4 is 5.32 Å². The highest BCUT2D eigenvalue weighted by atomic mass is 16.2. The topological polar surface area (TPSA) is 62.2 Å². The van der Waals surface area contributed by atoms with Crippen LogP contribution in [0, 0.1) is 23.7 Å². The van der Waals surface area contributed by atoms with Crippen LogP contribution in [0.5, 0.6) is 0 Å². The second kappa shape index (κ2) is 7.24. The number of nitrogens with one attached hydrogen (secondary N) is 1. The third-order valence-corrected chi connectivity index (χ3v) is 4.25. The first-order chi connectivity index (χ1) is 10.1. The zero-order chi connectivity index (χ0) is 15.2. The fourth-order valence-electron chi connectivity index (χ4n) is 2.63. The Balaban J connectivity index is 1.96. The number of nitrogens with zero attached hydrogens (tertiary/aromatic N) is 1. The van der Waals surface area contributed by atoms with E-state index in [1.807, 2.05) is 0 Å². The van der Waals surface area contributed by atoms with Crippen LogP contribution in [0.1, 0.15) is 49.2 Å². The molecule has 4 heteroatoms. The Bertz CT molecular complexity index is 542. The van der Waals surface area contributed by atoms with Crippen molar-refractivity contribution in [3.8, 4) is 11.8 Å². The number of carbonyl (C=O) groups excluding carboxylic acids is 1. The van der Waals surface area contributed by atoms with Crippen LogP contribution in [-0.4, -0.2) is 28.6 Å². The van der Waals surface area contributed by atoms with Crippen LogP contribution in [0.4, 0.5) is 0 Å². The Labute approximate surface area is 126 Å². The number of rotatable bonds is 3. The van der Waals surface area contributed by atoms with E-state index in [2.05, 4.69) is 36.0 Å². The van der Waals surface area contributed by atoms with Crippen LogP contribution in [-0.2, 0) is 0 Å². The van der Waals surface area contributed by atoms with Gasteiger partial charge in [-0.2, -0.15) is 0 Å². The molecule has 0 aromatic carbocycles. The molecule has 1 fully saturated rings. The fourth-order valence-corrected chi connectivity index (χ4v) is 2.63. The van der Waals surface area contributed by atoms with Gasteiger partial charge in [0.1, 0.15) is 5.69 Å². The van der Waals surface area contributed by atoms with Gasteiger partial charge in [-0.1, -0.05) is 25.7 Å². The Morgan fingerprint density at radius 2 is 2.24 bits per heavy atom. The number of hydrogen-bond acceptors (Lipinski definition) is 3. The molecule has 0 radical (unpaired) electrons. The number of aliphatic hydroxyl groups is 1. The maximum absolute atomic E-state index is 12.2. The van der Waals surface area contributed by atoms with Gasteiger partial charge in [0, 0.05) is 24.2 Å². The summed E-state index contributed by atoms with van der Waals surface area (Å²) in [6.07, 6.45) is 4.25. The van der Waals surface area contributed by atoms with Crippen molar-refractivity contribution in [3.63, 3.8) is 0 Å². The zero-order valence-electron chi connectivity index (χ0n) is 12.6. The molecule has 21 heavy (non-hydrogen) atoms. The monoisotopic (exact) mass is 286 g/mol. The molecule has 1 amide bonds. The van der Waals surface area contributed by atoms with Crippen LogP contribution in [0.25, 0.3) is 0 Å². The molecule has 1 aromatic heterocycles. The van der Waals surface area contributed by atoms with Gasteiger partial charge >= 0.3 is 0 Å². The number of amides is 1. The predicted octanol–water partition coefficient (Wildman–Crippen LogP) is 1.98. The van der Waals surface area contributed by atoms with E-state index in [-0.39, 0.29) is 18.6 Å². The summed E-state index contributed by atoms with van der Waals surface area (Å²) in [5, 5.41) is 11.7. The predicted molar refractivity (Wildman–Crippen MR) is 81.6 cm³/mol. The van der Waals surface area contributed by atoms with Crippen molar-refractivity contribution in [2.75, 3.05) is 6.61 Å². The van der Waals surface area contributed by atoms with Gasteiger partial charge in [0.15, 0.2) is 0 Å². The zero-order valence-corrected chi connectivity index (χ0v) is 12.6. The molecule has 4 nitrogen and oxygen atoms in total. The molecule has 1 heterocycles. The summed E-state index contributed by atoms with van der Waals surface area (Å²) in [5.74, 6) is 6.78. The number of aliphatic hydroxyl groups excluding tert-OH is 1. The number of carbonyl (C=O) groups is 1. The van der Waals surface area contributed by atoms with Gasteiger partial charge in [-0.15, -0.1) is 0 Å². The lowest BCUT2D eigenvalue weighted by molar-refractivity contribution is 0.0922. The third kappa shape index (κ3) is 4.05. The molecule has 0 bridgehead atoms. The van der Waals surface area contributed by atoms with Crippen molar-refractivity contribution in [2.24, 2.45) is 11.8 Å². The van der Waals surface area contributed by atoms with Crippen molar-refractivity contribution >= 4 is 5.91 Å². The number of aromatic nitrogens is 1. The smallest absolute Gasteiger partial charge is 0.270 e. The second-order valence-electron chi connectivity index (χ2n) is 5.70. The van der Waals surface area contributed by atoms with Gasteiger partial charge in [-0.3, -0.25) is 4.79 Å². The molecule has 3 unspecified atom stereocenters. The van der Waals surface area contributed by atoms with E-state index in [4.69, 9.17) is 5.11 Å². The quantitative estimate of drug-likeness (QED) is 0.835. The first kappa shape index (κ1) is 15.5. The van der Waals surface area contributed by atoms with E-state index >= 15 is 0 Å². The van der Waals surface area contributed by atoms with Crippen molar-refractivity contribution in [1.29, 1.82) is 0 Å². The Hall–Kier alpha value is -1.86. The molecule has 112 valence electrons. The Morgan fingerprint density at radius 1 is 1.43 bits per heavy atom. The van der Waals surface area contributed by atoms with Crippen molar-refractivity contribution in [1.82, 2.24) is 10.3 Å². The molecule has 0 spiro atoms. The van der Waals surface area contributed by atoms with Gasteiger partial charge in [0.25, 0.3) is 5.91 Å². The van der Waals surface area contributed by atoms with E-state index in [1.165, 1.54) is 6.42 Å². The maximum atomic E-state index is 12.2. The molecular formula is C17H22N2O2. The molecule has 2 rings (SSSR count). The molecule has 1 saturated carbocycles. The van der Waals surface area contributed by atoms with Crippen LogP contribution in [0.2, 0.25) is 0 Å². The van der Waals surface area contributed by atoms with E-state index in [0.29, 0.717) is 24.0 Å². The molecule has 1 aliphatic carbocycles. The summed E-state index contributed by atoms with van der Waals surface area (Å²) in [5.41, 5.74) is 1.18. The first-order valence-electron chi connectivity index (χ1n) is 7.48. The van der Waals surface area contributed by atoms with Crippen molar-refractivity contribution in [3.05, 3.63) is 29.6 Å². The Kier molecular flexibility index (Phi) is 5.35. The lowest BCUT2D eigenvalue weighted by atomic mass is 9.98. The molecule has 1 aliphatic rings. The minimum Gasteiger partial charge on any atom is -0.395 e. The SMILES string of the molecule is CC1CCC(NC(=O)c2ccc(C#CCCO)cn2)C1C. The van der Waals surface area contributed by atoms with E-state index in [9.17, 15) is 4.79 Å². The van der Waals surface area contributed by atoms with Crippen LogP contribution in [0.15, 0.2) is 18.3 Å². The van der Waals surface area contributed by atoms with Gasteiger partial charge in [-0.25, -0.2) is 4.98 Å². The molecule has 1 aromatic rings. The van der Waals surface area contributed by atoms with Crippen molar-refractivity contribution < 1.29 is 9.90 Å². The lowest BCUT2D eigenvalue weighted by Gasteiger charge is -2.19. The molecule has 2 N–H and O–H groups in total. The van der Waals surface area contributed by atoms with Gasteiger partial charge < -0.3 is 10.4 Å². The normalized spacial score (nSPS) is 24.2.